The monoisotopic (exact) mass is 210 g/mol. The predicted octanol–water partition coefficient (Wildman–Crippen LogP) is 0.849. The SMILES string of the molecule is C1CC(N(CC2CCOC2)C2CC2)CN1. The quantitative estimate of drug-likeness (QED) is 0.744. The van der Waals surface area contributed by atoms with Crippen LogP contribution in [0.15, 0.2) is 0 Å². The highest BCUT2D eigenvalue weighted by Crippen LogP contribution is 2.32. The summed E-state index contributed by atoms with van der Waals surface area (Å²) in [5, 5.41) is 3.49. The summed E-state index contributed by atoms with van der Waals surface area (Å²) < 4.78 is 5.48. The van der Waals surface area contributed by atoms with Gasteiger partial charge in [0, 0.05) is 31.8 Å². The van der Waals surface area contributed by atoms with E-state index in [4.69, 9.17) is 4.74 Å². The number of rotatable bonds is 4. The van der Waals surface area contributed by atoms with Crippen molar-refractivity contribution in [1.82, 2.24) is 10.2 Å². The lowest BCUT2D eigenvalue weighted by Gasteiger charge is -2.30. The van der Waals surface area contributed by atoms with Gasteiger partial charge in [-0.3, -0.25) is 4.90 Å². The number of ether oxygens (including phenoxy) is 1. The van der Waals surface area contributed by atoms with Crippen molar-refractivity contribution in [2.24, 2.45) is 5.92 Å². The maximum Gasteiger partial charge on any atom is 0.0507 e. The summed E-state index contributed by atoms with van der Waals surface area (Å²) in [4.78, 5) is 2.78. The van der Waals surface area contributed by atoms with Crippen molar-refractivity contribution in [2.45, 2.75) is 37.8 Å². The second kappa shape index (κ2) is 4.40. The highest BCUT2D eigenvalue weighted by atomic mass is 16.5. The Hall–Kier alpha value is -0.120. The van der Waals surface area contributed by atoms with Crippen LogP contribution in [0.25, 0.3) is 0 Å². The van der Waals surface area contributed by atoms with E-state index in [1.54, 1.807) is 0 Å². The lowest BCUT2D eigenvalue weighted by atomic mass is 10.1. The van der Waals surface area contributed by atoms with E-state index in [1.807, 2.05) is 0 Å². The van der Waals surface area contributed by atoms with Gasteiger partial charge in [-0.05, 0) is 38.1 Å². The molecule has 3 nitrogen and oxygen atoms in total. The minimum Gasteiger partial charge on any atom is -0.381 e. The van der Waals surface area contributed by atoms with Crippen LogP contribution in [0.2, 0.25) is 0 Å². The van der Waals surface area contributed by atoms with Gasteiger partial charge in [0.2, 0.25) is 0 Å². The molecule has 1 saturated carbocycles. The molecule has 0 aromatic rings. The molecule has 3 rings (SSSR count). The predicted molar refractivity (Wildman–Crippen MR) is 59.9 cm³/mol. The molecule has 2 unspecified atom stereocenters. The summed E-state index contributed by atoms with van der Waals surface area (Å²) in [5.41, 5.74) is 0. The van der Waals surface area contributed by atoms with Crippen molar-refractivity contribution in [3.8, 4) is 0 Å². The van der Waals surface area contributed by atoms with E-state index in [9.17, 15) is 0 Å². The molecule has 2 atom stereocenters. The van der Waals surface area contributed by atoms with Gasteiger partial charge in [0.1, 0.15) is 0 Å². The first-order valence-electron chi connectivity index (χ1n) is 6.47. The van der Waals surface area contributed by atoms with Crippen LogP contribution >= 0.6 is 0 Å². The van der Waals surface area contributed by atoms with E-state index in [0.717, 1.165) is 31.2 Å². The van der Waals surface area contributed by atoms with Crippen molar-refractivity contribution >= 4 is 0 Å². The molecule has 0 aromatic carbocycles. The Bertz CT molecular complexity index is 206. The van der Waals surface area contributed by atoms with E-state index in [0.29, 0.717) is 0 Å². The zero-order chi connectivity index (χ0) is 10.1. The highest BCUT2D eigenvalue weighted by molar-refractivity contribution is 4.93. The zero-order valence-electron chi connectivity index (χ0n) is 9.45. The molecule has 2 saturated heterocycles. The maximum absolute atomic E-state index is 5.48. The first-order valence-corrected chi connectivity index (χ1v) is 6.47. The average molecular weight is 210 g/mol. The Morgan fingerprint density at radius 1 is 1.13 bits per heavy atom. The van der Waals surface area contributed by atoms with Crippen LogP contribution in [-0.4, -0.2) is 49.8 Å². The minimum atomic E-state index is 0.811. The fourth-order valence-electron chi connectivity index (χ4n) is 2.95. The largest absolute Gasteiger partial charge is 0.381 e. The van der Waals surface area contributed by atoms with E-state index in [1.165, 1.54) is 45.3 Å². The molecule has 1 aliphatic carbocycles. The number of hydrogen-bond acceptors (Lipinski definition) is 3. The van der Waals surface area contributed by atoms with Crippen LogP contribution in [0.4, 0.5) is 0 Å². The van der Waals surface area contributed by atoms with Gasteiger partial charge in [-0.2, -0.15) is 0 Å². The molecule has 0 spiro atoms. The van der Waals surface area contributed by atoms with Crippen molar-refractivity contribution in [3.05, 3.63) is 0 Å². The smallest absolute Gasteiger partial charge is 0.0507 e. The van der Waals surface area contributed by atoms with Gasteiger partial charge in [-0.1, -0.05) is 0 Å². The summed E-state index contributed by atoms with van der Waals surface area (Å²) >= 11 is 0. The van der Waals surface area contributed by atoms with Gasteiger partial charge in [0.05, 0.1) is 6.61 Å². The van der Waals surface area contributed by atoms with Crippen molar-refractivity contribution < 1.29 is 4.74 Å². The van der Waals surface area contributed by atoms with Crippen molar-refractivity contribution in [2.75, 3.05) is 32.8 Å². The van der Waals surface area contributed by atoms with Crippen LogP contribution in [0.3, 0.4) is 0 Å². The molecule has 1 N–H and O–H groups in total. The van der Waals surface area contributed by atoms with Gasteiger partial charge in [0.15, 0.2) is 0 Å². The second-order valence-corrected chi connectivity index (χ2v) is 5.30. The highest BCUT2D eigenvalue weighted by Gasteiger charge is 2.36. The third-order valence-corrected chi connectivity index (χ3v) is 4.01. The van der Waals surface area contributed by atoms with E-state index in [2.05, 4.69) is 10.2 Å². The molecule has 86 valence electrons. The summed E-state index contributed by atoms with van der Waals surface area (Å²) in [6.45, 7) is 5.71. The normalized spacial score (nSPS) is 36.6. The molecule has 15 heavy (non-hydrogen) atoms. The van der Waals surface area contributed by atoms with Gasteiger partial charge < -0.3 is 10.1 Å². The second-order valence-electron chi connectivity index (χ2n) is 5.30. The summed E-state index contributed by atoms with van der Waals surface area (Å²) in [6.07, 6.45) is 5.50. The first-order chi connectivity index (χ1) is 7.43. The molecule has 3 aliphatic rings. The average Bonchev–Trinajstić information content (AvgIpc) is 2.78. The fraction of sp³-hybridized carbons (Fsp3) is 1.00. The van der Waals surface area contributed by atoms with Crippen LogP contribution in [0.1, 0.15) is 25.7 Å². The Balaban J connectivity index is 1.57. The third kappa shape index (κ3) is 2.35. The third-order valence-electron chi connectivity index (χ3n) is 4.01. The Kier molecular flexibility index (Phi) is 2.95. The van der Waals surface area contributed by atoms with E-state index in [-0.39, 0.29) is 0 Å². The standard InChI is InChI=1S/C12H22N2O/c1-2-11(1)14(12-3-5-13-7-12)8-10-4-6-15-9-10/h10-13H,1-9H2. The van der Waals surface area contributed by atoms with Gasteiger partial charge in [0.25, 0.3) is 0 Å². The van der Waals surface area contributed by atoms with Crippen molar-refractivity contribution in [1.29, 1.82) is 0 Å². The van der Waals surface area contributed by atoms with Gasteiger partial charge >= 0.3 is 0 Å². The van der Waals surface area contributed by atoms with Crippen LogP contribution in [0, 0.1) is 5.92 Å². The lowest BCUT2D eigenvalue weighted by molar-refractivity contribution is 0.142. The molecule has 3 heteroatoms. The van der Waals surface area contributed by atoms with Gasteiger partial charge in [-0.25, -0.2) is 0 Å². The topological polar surface area (TPSA) is 24.5 Å². The fourth-order valence-corrected chi connectivity index (χ4v) is 2.95. The Morgan fingerprint density at radius 2 is 2.07 bits per heavy atom. The lowest BCUT2D eigenvalue weighted by Crippen LogP contribution is -2.41. The maximum atomic E-state index is 5.48. The molecule has 0 bridgehead atoms. The molecule has 2 aliphatic heterocycles. The Morgan fingerprint density at radius 3 is 2.67 bits per heavy atom. The zero-order valence-corrected chi connectivity index (χ0v) is 9.45. The van der Waals surface area contributed by atoms with Crippen LogP contribution < -0.4 is 5.32 Å². The molecule has 3 fully saturated rings. The summed E-state index contributed by atoms with van der Waals surface area (Å²) in [5.74, 6) is 0.811. The molecule has 2 heterocycles. The van der Waals surface area contributed by atoms with Crippen molar-refractivity contribution in [3.63, 3.8) is 0 Å². The molecular weight excluding hydrogens is 188 g/mol. The summed E-state index contributed by atoms with van der Waals surface area (Å²) in [7, 11) is 0. The molecular formula is C12H22N2O. The van der Waals surface area contributed by atoms with Crippen LogP contribution in [0.5, 0.6) is 0 Å². The van der Waals surface area contributed by atoms with E-state index < -0.39 is 0 Å². The van der Waals surface area contributed by atoms with Gasteiger partial charge in [-0.15, -0.1) is 0 Å². The number of nitrogens with one attached hydrogen (secondary N) is 1. The Labute approximate surface area is 92.2 Å². The number of nitrogens with zero attached hydrogens (tertiary/aromatic N) is 1. The van der Waals surface area contributed by atoms with E-state index >= 15 is 0 Å². The number of hydrogen-bond donors (Lipinski definition) is 1. The van der Waals surface area contributed by atoms with Crippen LogP contribution in [-0.2, 0) is 4.74 Å². The summed E-state index contributed by atoms with van der Waals surface area (Å²) in [6, 6.07) is 1.73. The first kappa shape index (κ1) is 10.1. The minimum absolute atomic E-state index is 0.811. The molecule has 0 amide bonds. The molecule has 0 radical (unpaired) electrons. The molecule has 0 aromatic heterocycles.